The Morgan fingerprint density at radius 3 is 2.82 bits per heavy atom. The van der Waals surface area contributed by atoms with Gasteiger partial charge in [-0.1, -0.05) is 18.2 Å². The topological polar surface area (TPSA) is 63.9 Å². The second kappa shape index (κ2) is 3.97. The Hall–Kier alpha value is -2.24. The highest BCUT2D eigenvalue weighted by atomic mass is 16.2. The van der Waals surface area contributed by atoms with E-state index in [2.05, 4.69) is 15.5 Å². The van der Waals surface area contributed by atoms with Crippen molar-refractivity contribution < 1.29 is 4.79 Å². The molecule has 1 aliphatic heterocycles. The van der Waals surface area contributed by atoms with Gasteiger partial charge in [-0.05, 0) is 22.6 Å². The third-order valence-corrected chi connectivity index (χ3v) is 2.83. The summed E-state index contributed by atoms with van der Waals surface area (Å²) >= 11 is 0. The molecule has 3 rings (SSSR count). The van der Waals surface area contributed by atoms with E-state index in [1.54, 1.807) is 9.58 Å². The van der Waals surface area contributed by atoms with Crippen molar-refractivity contribution in [2.24, 2.45) is 0 Å². The summed E-state index contributed by atoms with van der Waals surface area (Å²) < 4.78 is 1.73. The lowest BCUT2D eigenvalue weighted by Gasteiger charge is -2.26. The number of aromatic nitrogens is 4. The average Bonchev–Trinajstić information content (AvgIpc) is 2.86. The minimum Gasteiger partial charge on any atom is -0.329 e. The molecule has 1 aromatic heterocycles. The Kier molecular flexibility index (Phi) is 2.32. The molecular weight excluding hydrogens is 218 g/mol. The second-order valence-corrected chi connectivity index (χ2v) is 3.91. The molecule has 6 heteroatoms. The number of carbonyl (C=O) groups excluding carboxylic acids is 1. The van der Waals surface area contributed by atoms with Crippen molar-refractivity contribution in [2.45, 2.75) is 13.1 Å². The fraction of sp³-hybridized carbons (Fsp3) is 0.273. The molecule has 17 heavy (non-hydrogen) atoms. The van der Waals surface area contributed by atoms with Gasteiger partial charge in [0.1, 0.15) is 0 Å². The standard InChI is InChI=1S/C11H11N5O/c17-11(9-4-2-1-3-5-9)15-6-7-16-10(8-15)12-13-14-16/h1-5H,6-8H2. The van der Waals surface area contributed by atoms with Crippen LogP contribution < -0.4 is 0 Å². The minimum absolute atomic E-state index is 0.0276. The van der Waals surface area contributed by atoms with Crippen LogP contribution in [0, 0.1) is 0 Å². The largest absolute Gasteiger partial charge is 0.329 e. The van der Waals surface area contributed by atoms with Crippen molar-refractivity contribution in [2.75, 3.05) is 6.54 Å². The molecule has 0 N–H and O–H groups in total. The molecule has 1 aliphatic rings. The van der Waals surface area contributed by atoms with Gasteiger partial charge in [-0.15, -0.1) is 5.10 Å². The van der Waals surface area contributed by atoms with Crippen LogP contribution in [0.2, 0.25) is 0 Å². The maximum Gasteiger partial charge on any atom is 0.254 e. The fourth-order valence-electron chi connectivity index (χ4n) is 1.91. The Balaban J connectivity index is 1.81. The van der Waals surface area contributed by atoms with Crippen LogP contribution in [0.5, 0.6) is 0 Å². The van der Waals surface area contributed by atoms with E-state index in [1.165, 1.54) is 0 Å². The van der Waals surface area contributed by atoms with Crippen LogP contribution in [0.1, 0.15) is 16.2 Å². The van der Waals surface area contributed by atoms with Gasteiger partial charge in [0.25, 0.3) is 5.91 Å². The monoisotopic (exact) mass is 229 g/mol. The summed E-state index contributed by atoms with van der Waals surface area (Å²) in [4.78, 5) is 13.9. The molecule has 2 aromatic rings. The van der Waals surface area contributed by atoms with Gasteiger partial charge in [-0.3, -0.25) is 4.79 Å². The lowest BCUT2D eigenvalue weighted by Crippen LogP contribution is -2.38. The predicted molar refractivity (Wildman–Crippen MR) is 59.0 cm³/mol. The molecule has 0 saturated heterocycles. The van der Waals surface area contributed by atoms with Crippen molar-refractivity contribution in [3.05, 3.63) is 41.7 Å². The normalized spacial score (nSPS) is 14.5. The highest BCUT2D eigenvalue weighted by Gasteiger charge is 2.23. The molecular formula is C11H11N5O. The lowest BCUT2D eigenvalue weighted by atomic mass is 10.2. The van der Waals surface area contributed by atoms with Gasteiger partial charge in [0.2, 0.25) is 0 Å². The Labute approximate surface area is 97.8 Å². The summed E-state index contributed by atoms with van der Waals surface area (Å²) in [6, 6.07) is 9.26. The highest BCUT2D eigenvalue weighted by Crippen LogP contribution is 2.12. The number of carbonyl (C=O) groups is 1. The van der Waals surface area contributed by atoms with E-state index >= 15 is 0 Å². The van der Waals surface area contributed by atoms with Gasteiger partial charge in [0.05, 0.1) is 13.1 Å². The molecule has 0 atom stereocenters. The van der Waals surface area contributed by atoms with Gasteiger partial charge in [-0.2, -0.15) is 0 Å². The first-order valence-corrected chi connectivity index (χ1v) is 5.44. The number of hydrogen-bond donors (Lipinski definition) is 0. The summed E-state index contributed by atoms with van der Waals surface area (Å²) in [6.07, 6.45) is 0. The van der Waals surface area contributed by atoms with E-state index in [0.717, 1.165) is 5.82 Å². The predicted octanol–water partition coefficient (Wildman–Crippen LogP) is 0.329. The van der Waals surface area contributed by atoms with Crippen molar-refractivity contribution in [1.82, 2.24) is 25.1 Å². The van der Waals surface area contributed by atoms with Crippen LogP contribution in [0.4, 0.5) is 0 Å². The summed E-state index contributed by atoms with van der Waals surface area (Å²) in [5.41, 5.74) is 0.702. The number of benzene rings is 1. The highest BCUT2D eigenvalue weighted by molar-refractivity contribution is 5.94. The van der Waals surface area contributed by atoms with E-state index in [4.69, 9.17) is 0 Å². The van der Waals surface area contributed by atoms with E-state index in [9.17, 15) is 4.79 Å². The molecule has 0 radical (unpaired) electrons. The zero-order chi connectivity index (χ0) is 11.7. The van der Waals surface area contributed by atoms with Gasteiger partial charge < -0.3 is 4.90 Å². The van der Waals surface area contributed by atoms with Crippen LogP contribution >= 0.6 is 0 Å². The van der Waals surface area contributed by atoms with E-state index in [-0.39, 0.29) is 5.91 Å². The summed E-state index contributed by atoms with van der Waals surface area (Å²) in [7, 11) is 0. The number of tetrazole rings is 1. The third kappa shape index (κ3) is 1.77. The first-order chi connectivity index (χ1) is 8.34. The molecule has 0 fully saturated rings. The SMILES string of the molecule is O=C(c1ccccc1)N1CCn2nnnc2C1. The average molecular weight is 229 g/mol. The van der Waals surface area contributed by atoms with Crippen LogP contribution in [0.15, 0.2) is 30.3 Å². The van der Waals surface area contributed by atoms with Gasteiger partial charge in [0, 0.05) is 12.1 Å². The molecule has 1 amide bonds. The van der Waals surface area contributed by atoms with Crippen molar-refractivity contribution in [3.8, 4) is 0 Å². The molecule has 0 saturated carbocycles. The Bertz CT molecular complexity index is 536. The molecule has 0 unspecified atom stereocenters. The zero-order valence-electron chi connectivity index (χ0n) is 9.15. The third-order valence-electron chi connectivity index (χ3n) is 2.83. The lowest BCUT2D eigenvalue weighted by molar-refractivity contribution is 0.0702. The molecule has 1 aromatic carbocycles. The molecule has 0 bridgehead atoms. The molecule has 2 heterocycles. The zero-order valence-corrected chi connectivity index (χ0v) is 9.15. The summed E-state index contributed by atoms with van der Waals surface area (Å²) in [6.45, 7) is 1.77. The van der Waals surface area contributed by atoms with Crippen molar-refractivity contribution in [3.63, 3.8) is 0 Å². The Morgan fingerprint density at radius 1 is 1.18 bits per heavy atom. The smallest absolute Gasteiger partial charge is 0.254 e. The van der Waals surface area contributed by atoms with Crippen LogP contribution in [-0.4, -0.2) is 37.6 Å². The van der Waals surface area contributed by atoms with Crippen LogP contribution in [0.25, 0.3) is 0 Å². The second-order valence-electron chi connectivity index (χ2n) is 3.91. The van der Waals surface area contributed by atoms with Crippen molar-refractivity contribution in [1.29, 1.82) is 0 Å². The molecule has 0 aliphatic carbocycles. The van der Waals surface area contributed by atoms with Crippen LogP contribution in [0.3, 0.4) is 0 Å². The van der Waals surface area contributed by atoms with Gasteiger partial charge >= 0.3 is 0 Å². The fourth-order valence-corrected chi connectivity index (χ4v) is 1.91. The van der Waals surface area contributed by atoms with E-state index in [0.29, 0.717) is 25.2 Å². The molecule has 0 spiro atoms. The number of rotatable bonds is 1. The maximum atomic E-state index is 12.2. The summed E-state index contributed by atoms with van der Waals surface area (Å²) in [5, 5.41) is 11.3. The van der Waals surface area contributed by atoms with Crippen LogP contribution in [-0.2, 0) is 13.1 Å². The maximum absolute atomic E-state index is 12.2. The minimum atomic E-state index is 0.0276. The first kappa shape index (κ1) is 9.95. The van der Waals surface area contributed by atoms with Crippen molar-refractivity contribution >= 4 is 5.91 Å². The van der Waals surface area contributed by atoms with Gasteiger partial charge in [0.15, 0.2) is 5.82 Å². The van der Waals surface area contributed by atoms with E-state index in [1.807, 2.05) is 30.3 Å². The number of nitrogens with zero attached hydrogens (tertiary/aromatic N) is 5. The first-order valence-electron chi connectivity index (χ1n) is 5.44. The molecule has 6 nitrogen and oxygen atoms in total. The Morgan fingerprint density at radius 2 is 2.00 bits per heavy atom. The number of amides is 1. The quantitative estimate of drug-likeness (QED) is 0.707. The number of fused-ring (bicyclic) bond motifs is 1. The number of hydrogen-bond acceptors (Lipinski definition) is 4. The van der Waals surface area contributed by atoms with E-state index < -0.39 is 0 Å². The van der Waals surface area contributed by atoms with Gasteiger partial charge in [-0.25, -0.2) is 4.68 Å². The molecule has 86 valence electrons. The summed E-state index contributed by atoms with van der Waals surface area (Å²) in [5.74, 6) is 0.764.